The molecule has 2 N–H and O–H groups in total. The molecular weight excluding hydrogens is 260 g/mol. The van der Waals surface area contributed by atoms with Gasteiger partial charge in [-0.25, -0.2) is 0 Å². The lowest BCUT2D eigenvalue weighted by atomic mass is 10.1. The zero-order chi connectivity index (χ0) is 15.4. The van der Waals surface area contributed by atoms with Crippen molar-refractivity contribution in [3.8, 4) is 0 Å². The van der Waals surface area contributed by atoms with Gasteiger partial charge in [-0.1, -0.05) is 18.2 Å². The van der Waals surface area contributed by atoms with Crippen molar-refractivity contribution < 1.29 is 4.79 Å². The first-order valence-corrected chi connectivity index (χ1v) is 6.85. The van der Waals surface area contributed by atoms with Gasteiger partial charge >= 0.3 is 0 Å². The minimum Gasteiger partial charge on any atom is -0.399 e. The lowest BCUT2D eigenvalue weighted by Crippen LogP contribution is -2.24. The van der Waals surface area contributed by atoms with Crippen LogP contribution in [0.4, 0.5) is 11.4 Å². The van der Waals surface area contributed by atoms with Crippen molar-refractivity contribution in [2.24, 2.45) is 0 Å². The fourth-order valence-electron chi connectivity index (χ4n) is 2.21. The third-order valence-corrected chi connectivity index (χ3v) is 3.25. The van der Waals surface area contributed by atoms with Gasteiger partial charge in [-0.15, -0.1) is 0 Å². The Morgan fingerprint density at radius 1 is 1.10 bits per heavy atom. The molecule has 1 amide bonds. The first-order chi connectivity index (χ1) is 9.95. The molecule has 21 heavy (non-hydrogen) atoms. The Labute approximate surface area is 125 Å². The van der Waals surface area contributed by atoms with E-state index in [0.717, 1.165) is 22.4 Å². The van der Waals surface area contributed by atoms with Crippen LogP contribution >= 0.6 is 0 Å². The fourth-order valence-corrected chi connectivity index (χ4v) is 2.21. The van der Waals surface area contributed by atoms with E-state index in [1.54, 1.807) is 24.1 Å². The number of hydrogen-bond acceptors (Lipinski definition) is 2. The topological polar surface area (TPSA) is 46.3 Å². The van der Waals surface area contributed by atoms with Gasteiger partial charge in [0.15, 0.2) is 0 Å². The summed E-state index contributed by atoms with van der Waals surface area (Å²) in [6.07, 6.45) is 3.34. The number of aryl methyl sites for hydroxylation is 2. The smallest absolute Gasteiger partial charge is 0.250 e. The zero-order valence-electron chi connectivity index (χ0n) is 12.6. The largest absolute Gasteiger partial charge is 0.399 e. The molecule has 0 spiro atoms. The summed E-state index contributed by atoms with van der Waals surface area (Å²) < 4.78 is 0. The van der Waals surface area contributed by atoms with Crippen LogP contribution in [-0.4, -0.2) is 13.0 Å². The summed E-state index contributed by atoms with van der Waals surface area (Å²) in [5.41, 5.74) is 10.5. The van der Waals surface area contributed by atoms with Crippen LogP contribution in [0.25, 0.3) is 6.08 Å². The molecule has 0 aliphatic rings. The van der Waals surface area contributed by atoms with Crippen LogP contribution in [0.1, 0.15) is 16.7 Å². The van der Waals surface area contributed by atoms with Gasteiger partial charge in [0.05, 0.1) is 0 Å². The lowest BCUT2D eigenvalue weighted by Gasteiger charge is -2.16. The minimum atomic E-state index is -0.0672. The van der Waals surface area contributed by atoms with Crippen LogP contribution in [0.5, 0.6) is 0 Å². The molecule has 0 bridgehead atoms. The molecule has 0 saturated heterocycles. The molecule has 3 nitrogen and oxygen atoms in total. The number of nitrogens with two attached hydrogens (primary N) is 1. The number of carbonyl (C=O) groups is 1. The molecule has 0 radical (unpaired) electrons. The number of nitrogen functional groups attached to an aromatic ring is 1. The summed E-state index contributed by atoms with van der Waals surface area (Å²) in [6, 6.07) is 13.5. The van der Waals surface area contributed by atoms with E-state index in [2.05, 4.69) is 6.07 Å². The fraction of sp³-hybridized carbons (Fsp3) is 0.167. The molecule has 108 valence electrons. The number of anilines is 2. The first-order valence-electron chi connectivity index (χ1n) is 6.85. The highest BCUT2D eigenvalue weighted by Gasteiger charge is 2.08. The molecule has 0 unspecified atom stereocenters. The maximum absolute atomic E-state index is 12.2. The van der Waals surface area contributed by atoms with Gasteiger partial charge in [0.2, 0.25) is 0 Å². The molecule has 0 aliphatic heterocycles. The van der Waals surface area contributed by atoms with E-state index in [-0.39, 0.29) is 5.91 Å². The summed E-state index contributed by atoms with van der Waals surface area (Å²) >= 11 is 0. The normalized spacial score (nSPS) is 10.8. The summed E-state index contributed by atoms with van der Waals surface area (Å²) in [7, 11) is 1.78. The van der Waals surface area contributed by atoms with Gasteiger partial charge in [-0.3, -0.25) is 4.79 Å². The number of likely N-dealkylation sites (N-methyl/N-ethyl adjacent to an activating group) is 1. The van der Waals surface area contributed by atoms with Crippen molar-refractivity contribution in [2.75, 3.05) is 17.7 Å². The van der Waals surface area contributed by atoms with Gasteiger partial charge in [0, 0.05) is 24.5 Å². The Hall–Kier alpha value is -2.55. The predicted octanol–water partition coefficient (Wildman–Crippen LogP) is 3.56. The number of rotatable bonds is 3. The summed E-state index contributed by atoms with van der Waals surface area (Å²) in [5.74, 6) is -0.0672. The summed E-state index contributed by atoms with van der Waals surface area (Å²) in [5, 5.41) is 0. The minimum absolute atomic E-state index is 0.0672. The average Bonchev–Trinajstić information content (AvgIpc) is 2.43. The van der Waals surface area contributed by atoms with Crippen molar-refractivity contribution in [3.63, 3.8) is 0 Å². The quantitative estimate of drug-likeness (QED) is 0.690. The second-order valence-electron chi connectivity index (χ2n) is 5.25. The first kappa shape index (κ1) is 14.9. The monoisotopic (exact) mass is 280 g/mol. The van der Waals surface area contributed by atoms with E-state index >= 15 is 0 Å². The van der Waals surface area contributed by atoms with Crippen LogP contribution < -0.4 is 10.6 Å². The number of nitrogens with zero attached hydrogens (tertiary/aromatic N) is 1. The molecule has 2 rings (SSSR count). The van der Waals surface area contributed by atoms with Gasteiger partial charge in [0.25, 0.3) is 5.91 Å². The van der Waals surface area contributed by atoms with E-state index in [0.29, 0.717) is 5.69 Å². The molecule has 0 atom stereocenters. The van der Waals surface area contributed by atoms with Gasteiger partial charge in [-0.2, -0.15) is 0 Å². The molecule has 0 aliphatic carbocycles. The molecule has 2 aromatic rings. The van der Waals surface area contributed by atoms with Crippen LogP contribution in [0.2, 0.25) is 0 Å². The van der Waals surface area contributed by atoms with E-state index in [1.165, 1.54) is 0 Å². The Morgan fingerprint density at radius 3 is 2.38 bits per heavy atom. The summed E-state index contributed by atoms with van der Waals surface area (Å²) in [6.45, 7) is 4.05. The highest BCUT2D eigenvalue weighted by molar-refractivity contribution is 6.03. The second kappa shape index (κ2) is 6.27. The average molecular weight is 280 g/mol. The van der Waals surface area contributed by atoms with Crippen LogP contribution in [-0.2, 0) is 4.79 Å². The van der Waals surface area contributed by atoms with Crippen molar-refractivity contribution >= 4 is 23.4 Å². The van der Waals surface area contributed by atoms with E-state index in [1.807, 2.05) is 50.2 Å². The van der Waals surface area contributed by atoms with Crippen molar-refractivity contribution in [1.29, 1.82) is 0 Å². The van der Waals surface area contributed by atoms with Crippen molar-refractivity contribution in [1.82, 2.24) is 0 Å². The SMILES string of the molecule is Cc1cc(C)cc(N(C)C(=O)/C=C/c2cccc(N)c2)c1. The molecule has 0 fully saturated rings. The van der Waals surface area contributed by atoms with Crippen molar-refractivity contribution in [2.45, 2.75) is 13.8 Å². The maximum Gasteiger partial charge on any atom is 0.250 e. The van der Waals surface area contributed by atoms with Gasteiger partial charge in [0.1, 0.15) is 0 Å². The molecule has 2 aromatic carbocycles. The van der Waals surface area contributed by atoms with Gasteiger partial charge in [-0.05, 0) is 60.9 Å². The van der Waals surface area contributed by atoms with E-state index in [4.69, 9.17) is 5.73 Å². The van der Waals surface area contributed by atoms with Gasteiger partial charge < -0.3 is 10.6 Å². The Balaban J connectivity index is 2.16. The van der Waals surface area contributed by atoms with Crippen molar-refractivity contribution in [3.05, 3.63) is 65.2 Å². The zero-order valence-corrected chi connectivity index (χ0v) is 12.6. The molecular formula is C18H20N2O. The van der Waals surface area contributed by atoms with Crippen LogP contribution in [0.3, 0.4) is 0 Å². The second-order valence-corrected chi connectivity index (χ2v) is 5.25. The lowest BCUT2D eigenvalue weighted by molar-refractivity contribution is -0.113. The highest BCUT2D eigenvalue weighted by atomic mass is 16.2. The summed E-state index contributed by atoms with van der Waals surface area (Å²) in [4.78, 5) is 13.9. The highest BCUT2D eigenvalue weighted by Crippen LogP contribution is 2.18. The number of hydrogen-bond donors (Lipinski definition) is 1. The number of carbonyl (C=O) groups excluding carboxylic acids is 1. The third-order valence-electron chi connectivity index (χ3n) is 3.25. The number of benzene rings is 2. The standard InChI is InChI=1S/C18H20N2O/c1-13-9-14(2)11-17(10-13)20(3)18(21)8-7-15-5-4-6-16(19)12-15/h4-12H,19H2,1-3H3/b8-7+. The third kappa shape index (κ3) is 3.96. The number of amides is 1. The van der Waals surface area contributed by atoms with E-state index < -0.39 is 0 Å². The molecule has 0 aromatic heterocycles. The predicted molar refractivity (Wildman–Crippen MR) is 89.2 cm³/mol. The molecule has 0 heterocycles. The Morgan fingerprint density at radius 2 is 1.76 bits per heavy atom. The van der Waals surface area contributed by atoms with E-state index in [9.17, 15) is 4.79 Å². The maximum atomic E-state index is 12.2. The molecule has 0 saturated carbocycles. The van der Waals surface area contributed by atoms with Crippen LogP contribution in [0.15, 0.2) is 48.5 Å². The van der Waals surface area contributed by atoms with Crippen LogP contribution in [0, 0.1) is 13.8 Å². The molecule has 3 heteroatoms. The Kier molecular flexibility index (Phi) is 4.43. The Bertz CT molecular complexity index is 669.